The summed E-state index contributed by atoms with van der Waals surface area (Å²) >= 11 is 0. The van der Waals surface area contributed by atoms with E-state index in [-0.39, 0.29) is 35.9 Å². The van der Waals surface area contributed by atoms with Crippen molar-refractivity contribution in [1.29, 1.82) is 0 Å². The molecule has 2 aliphatic heterocycles. The number of hydrogen-bond acceptors (Lipinski definition) is 14. The second-order valence-electron chi connectivity index (χ2n) is 8.62. The third-order valence-corrected chi connectivity index (χ3v) is 7.12. The van der Waals surface area contributed by atoms with Crippen LogP contribution in [0.1, 0.15) is 25.3 Å². The minimum atomic E-state index is -4.75. The molecule has 0 bridgehead atoms. The van der Waals surface area contributed by atoms with Gasteiger partial charge in [0.15, 0.2) is 12.6 Å². The number of H-pyrrole nitrogens is 2. The van der Waals surface area contributed by atoms with Crippen molar-refractivity contribution >= 4 is 30.9 Å². The van der Waals surface area contributed by atoms with Crippen LogP contribution < -0.4 is 27.3 Å². The van der Waals surface area contributed by atoms with Crippen molar-refractivity contribution in [3.63, 3.8) is 0 Å². The summed E-state index contributed by atoms with van der Waals surface area (Å²) in [6, 6.07) is 0. The van der Waals surface area contributed by atoms with E-state index < -0.39 is 69.2 Å². The van der Waals surface area contributed by atoms with Gasteiger partial charge >= 0.3 is 19.2 Å². The topological polar surface area (TPSA) is 280 Å². The maximum atomic E-state index is 12.7. The van der Waals surface area contributed by atoms with Crippen LogP contribution in [0.5, 0.6) is 0 Å². The number of ether oxygens (including phenoxy) is 2. The highest BCUT2D eigenvalue weighted by Crippen LogP contribution is 2.48. The molecule has 0 radical (unpaired) electrons. The Kier molecular flexibility index (Phi) is 7.01. The van der Waals surface area contributed by atoms with Gasteiger partial charge in [0.25, 0.3) is 11.5 Å². The third kappa shape index (κ3) is 5.18. The lowest BCUT2D eigenvalue weighted by molar-refractivity contribution is -0.738. The molecule has 19 nitrogen and oxygen atoms in total. The molecule has 3 aromatic heterocycles. The monoisotopic (exact) mass is 558 g/mol. The van der Waals surface area contributed by atoms with E-state index in [1.165, 1.54) is 10.9 Å². The second-order valence-corrected chi connectivity index (χ2v) is 10.0. The van der Waals surface area contributed by atoms with Gasteiger partial charge in [-0.2, -0.15) is 4.98 Å². The molecular formula is C18H25N9O10P+. The number of phosphoric acid groups is 1. The molecule has 2 aliphatic rings. The van der Waals surface area contributed by atoms with Crippen LogP contribution in [-0.4, -0.2) is 82.2 Å². The molecule has 0 aliphatic carbocycles. The van der Waals surface area contributed by atoms with Gasteiger partial charge in [-0.05, 0) is 0 Å². The molecule has 38 heavy (non-hydrogen) atoms. The third-order valence-electron chi connectivity index (χ3n) is 6.11. The van der Waals surface area contributed by atoms with Gasteiger partial charge in [0.2, 0.25) is 11.5 Å². The second kappa shape index (κ2) is 10.1. The summed E-state index contributed by atoms with van der Waals surface area (Å²) in [5, 5.41) is 20.1. The maximum Gasteiger partial charge on any atom is 0.472 e. The number of anilines is 2. The molecule has 2 fully saturated rings. The molecule has 2 saturated heterocycles. The lowest BCUT2D eigenvalue weighted by Gasteiger charge is -2.21. The predicted molar refractivity (Wildman–Crippen MR) is 123 cm³/mol. The van der Waals surface area contributed by atoms with Crippen molar-refractivity contribution in [2.24, 2.45) is 0 Å². The molecule has 20 heteroatoms. The summed E-state index contributed by atoms with van der Waals surface area (Å²) in [5.41, 5.74) is 10.1. The van der Waals surface area contributed by atoms with Gasteiger partial charge < -0.3 is 36.0 Å². The number of rotatable bonds is 8. The Morgan fingerprint density at radius 3 is 2.76 bits per heavy atom. The smallest absolute Gasteiger partial charge is 0.394 e. The molecule has 206 valence electrons. The van der Waals surface area contributed by atoms with Gasteiger partial charge in [-0.15, -0.1) is 0 Å². The molecule has 7 unspecified atom stereocenters. The number of fused-ring (bicyclic) bond motifs is 1. The molecule has 3 aromatic rings. The highest BCUT2D eigenvalue weighted by atomic mass is 31.2. The van der Waals surface area contributed by atoms with Crippen LogP contribution in [0.4, 0.5) is 11.9 Å². The summed E-state index contributed by atoms with van der Waals surface area (Å²) in [6.45, 7) is -1.11. The summed E-state index contributed by atoms with van der Waals surface area (Å²) in [7, 11) is -4.75. The van der Waals surface area contributed by atoms with Gasteiger partial charge in [-0.25, -0.2) is 18.9 Å². The van der Waals surface area contributed by atoms with E-state index in [2.05, 4.69) is 24.9 Å². The summed E-state index contributed by atoms with van der Waals surface area (Å²) in [6.07, 6.45) is -3.64. The number of nitrogens with zero attached hydrogens (tertiary/aromatic N) is 5. The number of nitrogens with one attached hydrogen (secondary N) is 2. The van der Waals surface area contributed by atoms with Crippen LogP contribution >= 0.6 is 7.82 Å². The zero-order valence-electron chi connectivity index (χ0n) is 19.5. The van der Waals surface area contributed by atoms with Crippen LogP contribution in [0.15, 0.2) is 22.2 Å². The van der Waals surface area contributed by atoms with E-state index in [9.17, 15) is 29.3 Å². The Morgan fingerprint density at radius 2 is 2.03 bits per heavy atom. The first-order valence-electron chi connectivity index (χ1n) is 11.3. The SMILES string of the molecule is Nc1ncn(C2CC(OP(=O)(O)OCC3OC([n+]4c[nH]c5c(=O)[nH]c(N)nc54)CC3O)C(CO)O2)c(=O)n1. The van der Waals surface area contributed by atoms with Gasteiger partial charge in [-0.1, -0.05) is 4.98 Å². The van der Waals surface area contributed by atoms with Crippen LogP contribution in [0.2, 0.25) is 0 Å². The lowest BCUT2D eigenvalue weighted by Crippen LogP contribution is -2.39. The fourth-order valence-electron chi connectivity index (χ4n) is 4.31. The number of nitrogens with two attached hydrogens (primary N) is 2. The maximum absolute atomic E-state index is 12.7. The Bertz CT molecular complexity index is 1490. The van der Waals surface area contributed by atoms with Crippen molar-refractivity contribution in [1.82, 2.24) is 29.5 Å². The summed E-state index contributed by atoms with van der Waals surface area (Å²) in [4.78, 5) is 50.8. The lowest BCUT2D eigenvalue weighted by atomic mass is 10.2. The molecule has 5 heterocycles. The van der Waals surface area contributed by atoms with Gasteiger partial charge in [0.05, 0.1) is 19.3 Å². The molecular weight excluding hydrogens is 533 g/mol. The molecule has 7 atom stereocenters. The van der Waals surface area contributed by atoms with Crippen molar-refractivity contribution in [2.75, 3.05) is 24.7 Å². The number of aromatic nitrogens is 7. The number of phosphoric ester groups is 1. The van der Waals surface area contributed by atoms with Gasteiger partial charge in [-0.3, -0.25) is 28.4 Å². The highest BCUT2D eigenvalue weighted by molar-refractivity contribution is 7.47. The molecule has 0 amide bonds. The summed E-state index contributed by atoms with van der Waals surface area (Å²) in [5.74, 6) is -0.347. The first-order valence-corrected chi connectivity index (χ1v) is 12.8. The Morgan fingerprint density at radius 1 is 1.24 bits per heavy atom. The van der Waals surface area contributed by atoms with E-state index in [1.54, 1.807) is 0 Å². The Labute approximate surface area is 211 Å². The van der Waals surface area contributed by atoms with Crippen LogP contribution in [0.25, 0.3) is 11.2 Å². The first-order chi connectivity index (χ1) is 18.0. The Hall–Kier alpha value is -3.29. The van der Waals surface area contributed by atoms with E-state index in [0.29, 0.717) is 0 Å². The zero-order valence-corrected chi connectivity index (χ0v) is 20.4. The minimum absolute atomic E-state index is 0.0553. The van der Waals surface area contributed by atoms with Crippen LogP contribution in [0, 0.1) is 0 Å². The molecule has 0 saturated carbocycles. The van der Waals surface area contributed by atoms with Crippen molar-refractivity contribution in [3.8, 4) is 0 Å². The average Bonchev–Trinajstić information content (AvgIpc) is 3.54. The molecule has 9 N–H and O–H groups in total. The van der Waals surface area contributed by atoms with E-state index in [0.717, 1.165) is 10.9 Å². The van der Waals surface area contributed by atoms with Crippen LogP contribution in [-0.2, 0) is 23.1 Å². The number of aliphatic hydroxyl groups excluding tert-OH is 2. The largest absolute Gasteiger partial charge is 0.472 e. The first kappa shape index (κ1) is 26.3. The number of aromatic amines is 2. The van der Waals surface area contributed by atoms with E-state index in [1.807, 2.05) is 0 Å². The Balaban J connectivity index is 1.22. The molecule has 0 spiro atoms. The fraction of sp³-hybridized carbons (Fsp3) is 0.556. The van der Waals surface area contributed by atoms with Crippen LogP contribution in [0.3, 0.4) is 0 Å². The number of aliphatic hydroxyl groups is 2. The minimum Gasteiger partial charge on any atom is -0.394 e. The van der Waals surface area contributed by atoms with Crippen molar-refractivity contribution < 1.29 is 42.8 Å². The fourth-order valence-corrected chi connectivity index (χ4v) is 5.27. The number of imidazole rings is 1. The average molecular weight is 558 g/mol. The van der Waals surface area contributed by atoms with E-state index in [4.69, 9.17) is 30.0 Å². The van der Waals surface area contributed by atoms with Gasteiger partial charge in [0.1, 0.15) is 30.9 Å². The summed E-state index contributed by atoms with van der Waals surface area (Å²) < 4.78 is 36.7. The normalized spacial score (nSPS) is 29.1. The van der Waals surface area contributed by atoms with Crippen molar-refractivity contribution in [3.05, 3.63) is 33.5 Å². The standard InChI is InChI=1S/C18H24N9O10P/c19-16-22-6-27(18(31)25-16)12-2-8(9(3-28)35-12)37-38(32,33)34-4-10-7(29)1-11(36-10)26-5-21-13-14(26)23-17(20)24-15(13)30/h5-12,28-29H,1-4H2,(H6,19,20,23,24,25,30,31,32,33)/p+1. The van der Waals surface area contributed by atoms with E-state index >= 15 is 0 Å². The zero-order chi connectivity index (χ0) is 27.2. The quantitative estimate of drug-likeness (QED) is 0.106. The number of nitrogen functional groups attached to an aromatic ring is 2. The van der Waals surface area contributed by atoms with Gasteiger partial charge in [0, 0.05) is 12.8 Å². The predicted octanol–water partition coefficient (Wildman–Crippen LogP) is -3.21. The molecule has 0 aromatic carbocycles. The number of hydrogen-bond donors (Lipinski definition) is 7. The van der Waals surface area contributed by atoms with Crippen molar-refractivity contribution in [2.45, 2.75) is 49.7 Å². The molecule has 5 rings (SSSR count). The highest BCUT2D eigenvalue weighted by Gasteiger charge is 2.44.